The lowest BCUT2D eigenvalue weighted by Gasteiger charge is -2.25. The van der Waals surface area contributed by atoms with Gasteiger partial charge in [0.15, 0.2) is 0 Å². The Labute approximate surface area is 182 Å². The minimum Gasteiger partial charge on any atom is -0.489 e. The topological polar surface area (TPSA) is 41.6 Å². The standard InChI is InChI=1S/C25H26N2O2S/c1-2-20-11-6-7-14-23(20)26-25(28)27-15-16-30-24(27)21-12-8-13-22(17-21)29-18-19-9-4-3-5-10-19/h3-14,17,24H,2,15-16,18H2,1H3,(H,26,28). The van der Waals surface area contributed by atoms with E-state index in [0.717, 1.165) is 46.8 Å². The molecule has 1 fully saturated rings. The van der Waals surface area contributed by atoms with E-state index in [2.05, 4.69) is 36.5 Å². The summed E-state index contributed by atoms with van der Waals surface area (Å²) in [5.41, 5.74) is 4.25. The molecule has 4 nitrogen and oxygen atoms in total. The molecule has 1 aliphatic rings. The van der Waals surface area contributed by atoms with E-state index in [4.69, 9.17) is 4.74 Å². The molecule has 1 unspecified atom stereocenters. The molecular formula is C25H26N2O2S. The van der Waals surface area contributed by atoms with Gasteiger partial charge in [0.1, 0.15) is 17.7 Å². The molecule has 0 saturated carbocycles. The number of rotatable bonds is 6. The van der Waals surface area contributed by atoms with Crippen LogP contribution < -0.4 is 10.1 Å². The summed E-state index contributed by atoms with van der Waals surface area (Å²) in [5, 5.41) is 3.09. The molecule has 154 valence electrons. The van der Waals surface area contributed by atoms with E-state index in [9.17, 15) is 4.79 Å². The summed E-state index contributed by atoms with van der Waals surface area (Å²) < 4.78 is 5.99. The maximum Gasteiger partial charge on any atom is 0.323 e. The van der Waals surface area contributed by atoms with Crippen molar-refractivity contribution in [1.82, 2.24) is 4.90 Å². The number of nitrogens with one attached hydrogen (secondary N) is 1. The van der Waals surface area contributed by atoms with Crippen LogP contribution in [0.1, 0.15) is 29.0 Å². The molecule has 1 N–H and O–H groups in total. The van der Waals surface area contributed by atoms with Gasteiger partial charge in [-0.15, -0.1) is 11.8 Å². The second kappa shape index (κ2) is 9.72. The summed E-state index contributed by atoms with van der Waals surface area (Å²) in [5.74, 6) is 1.74. The van der Waals surface area contributed by atoms with E-state index in [1.807, 2.05) is 59.5 Å². The summed E-state index contributed by atoms with van der Waals surface area (Å²) in [7, 11) is 0. The number of amides is 2. The molecule has 3 aromatic rings. The van der Waals surface area contributed by atoms with Crippen LogP contribution in [0.25, 0.3) is 0 Å². The first-order valence-corrected chi connectivity index (χ1v) is 11.3. The molecule has 1 aliphatic heterocycles. The van der Waals surface area contributed by atoms with E-state index >= 15 is 0 Å². The van der Waals surface area contributed by atoms with E-state index in [1.165, 1.54) is 0 Å². The molecular weight excluding hydrogens is 392 g/mol. The summed E-state index contributed by atoms with van der Waals surface area (Å²) in [6, 6.07) is 26.1. The van der Waals surface area contributed by atoms with Crippen LogP contribution >= 0.6 is 11.8 Å². The normalized spacial score (nSPS) is 15.8. The molecule has 4 rings (SSSR count). The van der Waals surface area contributed by atoms with E-state index in [-0.39, 0.29) is 11.4 Å². The third kappa shape index (κ3) is 4.79. The lowest BCUT2D eigenvalue weighted by Crippen LogP contribution is -2.34. The molecule has 0 bridgehead atoms. The van der Waals surface area contributed by atoms with Gasteiger partial charge in [-0.05, 0) is 41.3 Å². The van der Waals surface area contributed by atoms with Crippen LogP contribution in [0.2, 0.25) is 0 Å². The van der Waals surface area contributed by atoms with Crippen molar-refractivity contribution in [3.63, 3.8) is 0 Å². The lowest BCUT2D eigenvalue weighted by atomic mass is 10.1. The molecule has 5 heteroatoms. The summed E-state index contributed by atoms with van der Waals surface area (Å²) in [4.78, 5) is 14.9. The number of benzene rings is 3. The molecule has 0 radical (unpaired) electrons. The Bertz CT molecular complexity index is 993. The van der Waals surface area contributed by atoms with Crippen molar-refractivity contribution >= 4 is 23.5 Å². The fourth-order valence-electron chi connectivity index (χ4n) is 3.59. The van der Waals surface area contributed by atoms with E-state index in [0.29, 0.717) is 6.61 Å². The molecule has 30 heavy (non-hydrogen) atoms. The highest BCUT2D eigenvalue weighted by atomic mass is 32.2. The van der Waals surface area contributed by atoms with Gasteiger partial charge in [0.2, 0.25) is 0 Å². The van der Waals surface area contributed by atoms with Crippen LogP contribution in [-0.2, 0) is 13.0 Å². The number of urea groups is 1. The highest BCUT2D eigenvalue weighted by Gasteiger charge is 2.31. The first-order valence-electron chi connectivity index (χ1n) is 10.3. The minimum absolute atomic E-state index is 0.0148. The van der Waals surface area contributed by atoms with Gasteiger partial charge < -0.3 is 15.0 Å². The fraction of sp³-hybridized carbons (Fsp3) is 0.240. The van der Waals surface area contributed by atoms with E-state index < -0.39 is 0 Å². The zero-order chi connectivity index (χ0) is 20.8. The van der Waals surface area contributed by atoms with Crippen molar-refractivity contribution in [2.75, 3.05) is 17.6 Å². The molecule has 1 saturated heterocycles. The number of anilines is 1. The van der Waals surface area contributed by atoms with Gasteiger partial charge in [-0.3, -0.25) is 0 Å². The van der Waals surface area contributed by atoms with Gasteiger partial charge in [-0.2, -0.15) is 0 Å². The number of nitrogens with zero attached hydrogens (tertiary/aromatic N) is 1. The zero-order valence-corrected chi connectivity index (χ0v) is 17.9. The number of carbonyl (C=O) groups excluding carboxylic acids is 1. The van der Waals surface area contributed by atoms with Crippen molar-refractivity contribution in [2.24, 2.45) is 0 Å². The maximum atomic E-state index is 13.0. The average molecular weight is 419 g/mol. The molecule has 1 heterocycles. The van der Waals surface area contributed by atoms with Gasteiger partial charge in [0.05, 0.1) is 0 Å². The highest BCUT2D eigenvalue weighted by molar-refractivity contribution is 7.99. The van der Waals surface area contributed by atoms with Crippen LogP contribution in [0.3, 0.4) is 0 Å². The third-order valence-corrected chi connectivity index (χ3v) is 6.44. The average Bonchev–Trinajstić information content (AvgIpc) is 3.29. The highest BCUT2D eigenvalue weighted by Crippen LogP contribution is 2.39. The van der Waals surface area contributed by atoms with Gasteiger partial charge in [0.25, 0.3) is 0 Å². The predicted octanol–water partition coefficient (Wildman–Crippen LogP) is 6.11. The fourth-order valence-corrected chi connectivity index (χ4v) is 4.84. The Kier molecular flexibility index (Phi) is 6.60. The molecule has 0 aromatic heterocycles. The second-order valence-electron chi connectivity index (χ2n) is 7.20. The molecule has 1 atom stereocenters. The predicted molar refractivity (Wildman–Crippen MR) is 124 cm³/mol. The Hall–Kier alpha value is -2.92. The third-order valence-electron chi connectivity index (χ3n) is 5.18. The lowest BCUT2D eigenvalue weighted by molar-refractivity contribution is 0.214. The molecule has 2 amide bonds. The Morgan fingerprint density at radius 2 is 1.87 bits per heavy atom. The molecule has 0 spiro atoms. The number of aryl methyl sites for hydroxylation is 1. The van der Waals surface area contributed by atoms with Crippen molar-refractivity contribution in [3.05, 3.63) is 95.6 Å². The Morgan fingerprint density at radius 3 is 2.70 bits per heavy atom. The van der Waals surface area contributed by atoms with Crippen molar-refractivity contribution in [3.8, 4) is 5.75 Å². The second-order valence-corrected chi connectivity index (χ2v) is 8.39. The van der Waals surface area contributed by atoms with Crippen LogP contribution in [0.15, 0.2) is 78.9 Å². The smallest absolute Gasteiger partial charge is 0.323 e. The first kappa shape index (κ1) is 20.4. The number of ether oxygens (including phenoxy) is 1. The van der Waals surface area contributed by atoms with Gasteiger partial charge in [0, 0.05) is 18.0 Å². The quantitative estimate of drug-likeness (QED) is 0.525. The van der Waals surface area contributed by atoms with Gasteiger partial charge >= 0.3 is 6.03 Å². The molecule has 3 aromatic carbocycles. The number of hydrogen-bond donors (Lipinski definition) is 1. The van der Waals surface area contributed by atoms with Crippen LogP contribution in [-0.4, -0.2) is 23.2 Å². The minimum atomic E-state index is -0.0542. The number of para-hydroxylation sites is 1. The largest absolute Gasteiger partial charge is 0.489 e. The maximum absolute atomic E-state index is 13.0. The number of thioether (sulfide) groups is 1. The summed E-state index contributed by atoms with van der Waals surface area (Å²) in [6.45, 7) is 3.35. The Morgan fingerprint density at radius 1 is 1.07 bits per heavy atom. The number of carbonyl (C=O) groups is 1. The first-order chi connectivity index (χ1) is 14.7. The van der Waals surface area contributed by atoms with E-state index in [1.54, 1.807) is 11.8 Å². The van der Waals surface area contributed by atoms with Crippen LogP contribution in [0.5, 0.6) is 5.75 Å². The summed E-state index contributed by atoms with van der Waals surface area (Å²) >= 11 is 1.79. The SMILES string of the molecule is CCc1ccccc1NC(=O)N1CCSC1c1cccc(OCc2ccccc2)c1. The van der Waals surface area contributed by atoms with Crippen LogP contribution in [0, 0.1) is 0 Å². The van der Waals surface area contributed by atoms with Gasteiger partial charge in [-0.25, -0.2) is 4.79 Å². The summed E-state index contributed by atoms with van der Waals surface area (Å²) in [6.07, 6.45) is 0.884. The van der Waals surface area contributed by atoms with Crippen LogP contribution in [0.4, 0.5) is 10.5 Å². The van der Waals surface area contributed by atoms with Crippen molar-refractivity contribution < 1.29 is 9.53 Å². The Balaban J connectivity index is 1.45. The zero-order valence-electron chi connectivity index (χ0n) is 17.1. The van der Waals surface area contributed by atoms with Gasteiger partial charge in [-0.1, -0.05) is 67.6 Å². The molecule has 0 aliphatic carbocycles. The number of hydrogen-bond acceptors (Lipinski definition) is 3. The monoisotopic (exact) mass is 418 g/mol. The van der Waals surface area contributed by atoms with Crippen molar-refractivity contribution in [1.29, 1.82) is 0 Å². The van der Waals surface area contributed by atoms with Crippen molar-refractivity contribution in [2.45, 2.75) is 25.3 Å².